The number of aromatic nitrogens is 2. The molecule has 0 bridgehead atoms. The van der Waals surface area contributed by atoms with E-state index < -0.39 is 10.0 Å². The Labute approximate surface area is 149 Å². The van der Waals surface area contributed by atoms with E-state index in [-0.39, 0.29) is 10.0 Å². The van der Waals surface area contributed by atoms with Crippen LogP contribution in [0.15, 0.2) is 41.4 Å². The molecule has 132 valence electrons. The number of halogens is 1. The normalized spacial score (nSPS) is 12.0. The first-order chi connectivity index (χ1) is 11.5. The molecule has 2 aromatic rings. The van der Waals surface area contributed by atoms with Gasteiger partial charge >= 0.3 is 0 Å². The molecule has 0 saturated carbocycles. The minimum atomic E-state index is -3.65. The minimum absolute atomic E-state index is 0.0697. The molecule has 0 unspecified atom stereocenters. The molecular formula is C17H24ClN3O2S. The molecule has 2 rings (SSSR count). The Bertz CT molecular complexity index is 736. The van der Waals surface area contributed by atoms with E-state index in [0.717, 1.165) is 31.4 Å². The van der Waals surface area contributed by atoms with Gasteiger partial charge in [0.15, 0.2) is 5.15 Å². The Morgan fingerprint density at radius 1 is 1.08 bits per heavy atom. The number of sulfonamides is 1. The van der Waals surface area contributed by atoms with E-state index >= 15 is 0 Å². The summed E-state index contributed by atoms with van der Waals surface area (Å²) < 4.78 is 29.0. The first kappa shape index (κ1) is 19.0. The van der Waals surface area contributed by atoms with Crippen LogP contribution in [0.2, 0.25) is 5.15 Å². The predicted molar refractivity (Wildman–Crippen MR) is 97.1 cm³/mol. The van der Waals surface area contributed by atoms with Gasteiger partial charge in [0, 0.05) is 13.1 Å². The summed E-state index contributed by atoms with van der Waals surface area (Å²) >= 11 is 6.35. The number of rotatable bonds is 9. The molecular weight excluding hydrogens is 346 g/mol. The Kier molecular flexibility index (Phi) is 6.83. The van der Waals surface area contributed by atoms with Crippen LogP contribution < -0.4 is 0 Å². The number of para-hydroxylation sites is 1. The molecule has 0 atom stereocenters. The number of unbranched alkanes of at least 4 members (excludes halogenated alkanes) is 2. The molecule has 0 aliphatic rings. The van der Waals surface area contributed by atoms with Crippen LogP contribution in [0, 0.1) is 0 Å². The largest absolute Gasteiger partial charge is 0.247 e. The molecule has 0 saturated heterocycles. The second kappa shape index (κ2) is 8.65. The zero-order chi connectivity index (χ0) is 17.6. The molecule has 0 fully saturated rings. The van der Waals surface area contributed by atoms with Gasteiger partial charge in [-0.05, 0) is 25.0 Å². The topological polar surface area (TPSA) is 55.2 Å². The molecule has 0 amide bonds. The van der Waals surface area contributed by atoms with E-state index in [4.69, 9.17) is 11.6 Å². The van der Waals surface area contributed by atoms with Crippen LogP contribution in [-0.4, -0.2) is 35.6 Å². The van der Waals surface area contributed by atoms with Gasteiger partial charge in [-0.15, -0.1) is 0 Å². The van der Waals surface area contributed by atoms with Crippen molar-refractivity contribution in [2.24, 2.45) is 0 Å². The van der Waals surface area contributed by atoms with Crippen molar-refractivity contribution < 1.29 is 8.42 Å². The van der Waals surface area contributed by atoms with Crippen LogP contribution >= 0.6 is 11.6 Å². The lowest BCUT2D eigenvalue weighted by Gasteiger charge is -2.21. The highest BCUT2D eigenvalue weighted by Crippen LogP contribution is 2.27. The van der Waals surface area contributed by atoms with E-state index in [0.29, 0.717) is 13.1 Å². The van der Waals surface area contributed by atoms with E-state index in [2.05, 4.69) is 5.10 Å². The Balaban J connectivity index is 2.35. The molecule has 0 radical (unpaired) electrons. The Morgan fingerprint density at radius 2 is 1.67 bits per heavy atom. The Hall–Kier alpha value is -1.37. The van der Waals surface area contributed by atoms with Gasteiger partial charge in [-0.25, -0.2) is 13.1 Å². The summed E-state index contributed by atoms with van der Waals surface area (Å²) in [4.78, 5) is 0.0697. The second-order valence-corrected chi connectivity index (χ2v) is 7.92. The summed E-state index contributed by atoms with van der Waals surface area (Å²) in [6.45, 7) is 5.10. The fraction of sp³-hybridized carbons (Fsp3) is 0.471. The number of nitrogens with zero attached hydrogens (tertiary/aromatic N) is 3. The third-order valence-corrected chi connectivity index (χ3v) is 6.20. The second-order valence-electron chi connectivity index (χ2n) is 5.66. The van der Waals surface area contributed by atoms with E-state index in [9.17, 15) is 8.42 Å². The number of benzene rings is 1. The summed E-state index contributed by atoms with van der Waals surface area (Å²) in [6, 6.07) is 9.27. The average molecular weight is 370 g/mol. The molecule has 0 spiro atoms. The summed E-state index contributed by atoms with van der Waals surface area (Å²) in [5.74, 6) is 0. The van der Waals surface area contributed by atoms with Gasteiger partial charge in [-0.3, -0.25) is 0 Å². The van der Waals surface area contributed by atoms with Crippen molar-refractivity contribution in [2.75, 3.05) is 13.1 Å². The van der Waals surface area contributed by atoms with Crippen LogP contribution in [-0.2, 0) is 10.0 Å². The fourth-order valence-electron chi connectivity index (χ4n) is 2.40. The zero-order valence-electron chi connectivity index (χ0n) is 14.2. The first-order valence-electron chi connectivity index (χ1n) is 8.31. The van der Waals surface area contributed by atoms with Crippen LogP contribution in [0.4, 0.5) is 0 Å². The number of hydrogen-bond acceptors (Lipinski definition) is 3. The number of hydrogen-bond donors (Lipinski definition) is 0. The summed E-state index contributed by atoms with van der Waals surface area (Å²) in [7, 11) is -3.65. The highest BCUT2D eigenvalue weighted by molar-refractivity contribution is 7.89. The molecule has 7 heteroatoms. The van der Waals surface area contributed by atoms with Crippen molar-refractivity contribution in [2.45, 2.75) is 44.4 Å². The van der Waals surface area contributed by atoms with Crippen molar-refractivity contribution >= 4 is 21.6 Å². The predicted octanol–water partition coefficient (Wildman–Crippen LogP) is 4.12. The fourth-order valence-corrected chi connectivity index (χ4v) is 4.38. The third-order valence-electron chi connectivity index (χ3n) is 3.82. The maximum atomic E-state index is 13.0. The van der Waals surface area contributed by atoms with Crippen LogP contribution in [0.1, 0.15) is 39.5 Å². The van der Waals surface area contributed by atoms with Gasteiger partial charge in [0.2, 0.25) is 10.0 Å². The summed E-state index contributed by atoms with van der Waals surface area (Å²) in [6.07, 6.45) is 4.88. The molecule has 24 heavy (non-hydrogen) atoms. The van der Waals surface area contributed by atoms with Gasteiger partial charge in [0.1, 0.15) is 4.90 Å². The van der Waals surface area contributed by atoms with E-state index in [1.807, 2.05) is 44.2 Å². The van der Waals surface area contributed by atoms with Crippen molar-refractivity contribution in [1.29, 1.82) is 0 Å². The summed E-state index contributed by atoms with van der Waals surface area (Å²) in [5.41, 5.74) is 0.734. The van der Waals surface area contributed by atoms with Crippen LogP contribution in [0.3, 0.4) is 0 Å². The molecule has 0 N–H and O–H groups in total. The lowest BCUT2D eigenvalue weighted by atomic mass is 10.3. The molecule has 0 aliphatic heterocycles. The Morgan fingerprint density at radius 3 is 2.21 bits per heavy atom. The molecule has 0 aliphatic carbocycles. The van der Waals surface area contributed by atoms with Gasteiger partial charge < -0.3 is 0 Å². The van der Waals surface area contributed by atoms with Crippen molar-refractivity contribution in [3.05, 3.63) is 41.7 Å². The molecule has 1 aromatic heterocycles. The molecule has 1 aromatic carbocycles. The quantitative estimate of drug-likeness (QED) is 0.668. The standard InChI is InChI=1S/C17H24ClN3O2S/c1-3-5-12-20(13-6-4-2)24(22,23)16-14-19-21(17(16)18)15-10-8-7-9-11-15/h7-11,14H,3-6,12-13H2,1-2H3. The van der Waals surface area contributed by atoms with Gasteiger partial charge in [-0.1, -0.05) is 56.5 Å². The van der Waals surface area contributed by atoms with Crippen molar-refractivity contribution in [3.8, 4) is 5.69 Å². The lowest BCUT2D eigenvalue weighted by molar-refractivity contribution is 0.395. The maximum absolute atomic E-state index is 13.0. The first-order valence-corrected chi connectivity index (χ1v) is 10.1. The highest BCUT2D eigenvalue weighted by Gasteiger charge is 2.29. The third kappa shape index (κ3) is 4.18. The van der Waals surface area contributed by atoms with Gasteiger partial charge in [0.25, 0.3) is 0 Å². The summed E-state index contributed by atoms with van der Waals surface area (Å²) in [5, 5.41) is 4.30. The zero-order valence-corrected chi connectivity index (χ0v) is 15.7. The van der Waals surface area contributed by atoms with E-state index in [1.165, 1.54) is 15.2 Å². The van der Waals surface area contributed by atoms with Crippen LogP contribution in [0.5, 0.6) is 0 Å². The maximum Gasteiger partial charge on any atom is 0.247 e. The van der Waals surface area contributed by atoms with Crippen molar-refractivity contribution in [1.82, 2.24) is 14.1 Å². The van der Waals surface area contributed by atoms with Gasteiger partial charge in [0.05, 0.1) is 11.9 Å². The lowest BCUT2D eigenvalue weighted by Crippen LogP contribution is -2.33. The molecule has 5 nitrogen and oxygen atoms in total. The SMILES string of the molecule is CCCCN(CCCC)S(=O)(=O)c1cnn(-c2ccccc2)c1Cl. The molecule has 1 heterocycles. The smallest absolute Gasteiger partial charge is 0.221 e. The van der Waals surface area contributed by atoms with E-state index in [1.54, 1.807) is 0 Å². The minimum Gasteiger partial charge on any atom is -0.221 e. The highest BCUT2D eigenvalue weighted by atomic mass is 35.5. The van der Waals surface area contributed by atoms with Crippen molar-refractivity contribution in [3.63, 3.8) is 0 Å². The van der Waals surface area contributed by atoms with Gasteiger partial charge in [-0.2, -0.15) is 9.40 Å². The average Bonchev–Trinajstić information content (AvgIpc) is 2.98. The van der Waals surface area contributed by atoms with Crippen LogP contribution in [0.25, 0.3) is 5.69 Å². The monoisotopic (exact) mass is 369 g/mol.